The molecule has 0 heterocycles. The molecule has 0 fully saturated rings. The highest BCUT2D eigenvalue weighted by atomic mass is 16.3. The van der Waals surface area contributed by atoms with Crippen molar-refractivity contribution in [2.75, 3.05) is 26.2 Å². The number of likely N-dealkylation sites (N-methyl/N-ethyl adjacent to an activating group) is 1. The molecule has 0 bridgehead atoms. The highest BCUT2D eigenvalue weighted by molar-refractivity contribution is 4.60. The summed E-state index contributed by atoms with van der Waals surface area (Å²) in [7, 11) is 0. The molecule has 0 amide bonds. The Balaban J connectivity index is 3.21. The topological polar surface area (TPSA) is 70.3 Å². The molecule has 1 atom stereocenters. The van der Waals surface area contributed by atoms with Gasteiger partial charge in [0.1, 0.15) is 0 Å². The first-order chi connectivity index (χ1) is 4.85. The van der Waals surface area contributed by atoms with Gasteiger partial charge in [0.25, 0.3) is 0 Å². The monoisotopic (exact) mass is 147 g/mol. The van der Waals surface area contributed by atoms with Gasteiger partial charge in [-0.1, -0.05) is 6.92 Å². The summed E-state index contributed by atoms with van der Waals surface area (Å²) in [5.41, 5.74) is 5.26. The number of hydrogen-bond acceptors (Lipinski definition) is 4. The van der Waals surface area contributed by atoms with Gasteiger partial charge in [0.05, 0.1) is 12.8 Å². The molecule has 0 saturated heterocycles. The van der Waals surface area contributed by atoms with E-state index in [-0.39, 0.29) is 12.8 Å². The van der Waals surface area contributed by atoms with E-state index in [2.05, 4.69) is 10.6 Å². The van der Waals surface area contributed by atoms with E-state index >= 15 is 0 Å². The van der Waals surface area contributed by atoms with Crippen LogP contribution in [0.5, 0.6) is 0 Å². The standard InChI is InChI=1S/C6H17N3O/c1-2-8-6(5-10)9-4-3-7/h6,8-10H,2-5,7H2,1H3. The van der Waals surface area contributed by atoms with Crippen molar-refractivity contribution in [1.29, 1.82) is 0 Å². The highest BCUT2D eigenvalue weighted by Gasteiger charge is 2.00. The Morgan fingerprint density at radius 1 is 1.50 bits per heavy atom. The zero-order valence-electron chi connectivity index (χ0n) is 6.43. The lowest BCUT2D eigenvalue weighted by atomic mass is 10.4. The maximum atomic E-state index is 8.72. The number of aliphatic hydroxyl groups excluding tert-OH is 1. The van der Waals surface area contributed by atoms with Crippen molar-refractivity contribution < 1.29 is 5.11 Å². The average molecular weight is 147 g/mol. The van der Waals surface area contributed by atoms with Crippen LogP contribution in [0.25, 0.3) is 0 Å². The largest absolute Gasteiger partial charge is 0.393 e. The Morgan fingerprint density at radius 3 is 2.60 bits per heavy atom. The molecule has 0 radical (unpaired) electrons. The van der Waals surface area contributed by atoms with Gasteiger partial charge < -0.3 is 16.2 Å². The number of aliphatic hydroxyl groups is 1. The minimum Gasteiger partial charge on any atom is -0.393 e. The fraction of sp³-hybridized carbons (Fsp3) is 1.00. The van der Waals surface area contributed by atoms with Crippen molar-refractivity contribution in [2.24, 2.45) is 5.73 Å². The minimum atomic E-state index is -0.00597. The first-order valence-electron chi connectivity index (χ1n) is 3.62. The fourth-order valence-electron chi connectivity index (χ4n) is 0.705. The molecular weight excluding hydrogens is 130 g/mol. The van der Waals surface area contributed by atoms with Crippen LogP contribution in [0.3, 0.4) is 0 Å². The minimum absolute atomic E-state index is 0.00597. The summed E-state index contributed by atoms with van der Waals surface area (Å²) in [4.78, 5) is 0. The van der Waals surface area contributed by atoms with Gasteiger partial charge in [-0.25, -0.2) is 0 Å². The quantitative estimate of drug-likeness (QED) is 0.344. The zero-order chi connectivity index (χ0) is 7.82. The van der Waals surface area contributed by atoms with Crippen molar-refractivity contribution in [3.05, 3.63) is 0 Å². The Bertz CT molecular complexity index is 70.0. The molecule has 0 saturated carbocycles. The second-order valence-electron chi connectivity index (χ2n) is 2.04. The normalized spacial score (nSPS) is 13.5. The zero-order valence-corrected chi connectivity index (χ0v) is 6.43. The number of hydrogen-bond donors (Lipinski definition) is 4. The van der Waals surface area contributed by atoms with Gasteiger partial charge in [0.2, 0.25) is 0 Å². The molecule has 0 aliphatic carbocycles. The number of rotatable bonds is 6. The van der Waals surface area contributed by atoms with Gasteiger partial charge in [-0.2, -0.15) is 0 Å². The third kappa shape index (κ3) is 4.69. The van der Waals surface area contributed by atoms with Crippen LogP contribution in [0.1, 0.15) is 6.92 Å². The molecule has 1 unspecified atom stereocenters. The van der Waals surface area contributed by atoms with E-state index in [1.165, 1.54) is 0 Å². The highest BCUT2D eigenvalue weighted by Crippen LogP contribution is 1.72. The van der Waals surface area contributed by atoms with Crippen LogP contribution in [0.15, 0.2) is 0 Å². The Hall–Kier alpha value is -0.160. The van der Waals surface area contributed by atoms with E-state index in [0.717, 1.165) is 13.1 Å². The van der Waals surface area contributed by atoms with Gasteiger partial charge in [-0.3, -0.25) is 5.32 Å². The van der Waals surface area contributed by atoms with Crippen LogP contribution in [-0.2, 0) is 0 Å². The van der Waals surface area contributed by atoms with Crippen molar-refractivity contribution in [3.8, 4) is 0 Å². The van der Waals surface area contributed by atoms with Gasteiger partial charge in [0.15, 0.2) is 0 Å². The van der Waals surface area contributed by atoms with Crippen molar-refractivity contribution in [1.82, 2.24) is 10.6 Å². The predicted octanol–water partition coefficient (Wildman–Crippen LogP) is -1.54. The molecule has 0 aliphatic rings. The molecule has 10 heavy (non-hydrogen) atoms. The van der Waals surface area contributed by atoms with E-state index in [9.17, 15) is 0 Å². The summed E-state index contributed by atoms with van der Waals surface area (Å²) in [6, 6.07) is 0. The lowest BCUT2D eigenvalue weighted by Crippen LogP contribution is -2.46. The van der Waals surface area contributed by atoms with Gasteiger partial charge in [-0.15, -0.1) is 0 Å². The van der Waals surface area contributed by atoms with E-state index in [1.807, 2.05) is 6.92 Å². The summed E-state index contributed by atoms with van der Waals surface area (Å²) in [5, 5.41) is 14.8. The van der Waals surface area contributed by atoms with Gasteiger partial charge in [0, 0.05) is 13.1 Å². The summed E-state index contributed by atoms with van der Waals surface area (Å²) >= 11 is 0. The van der Waals surface area contributed by atoms with E-state index < -0.39 is 0 Å². The van der Waals surface area contributed by atoms with Crippen molar-refractivity contribution >= 4 is 0 Å². The van der Waals surface area contributed by atoms with Gasteiger partial charge in [-0.05, 0) is 6.54 Å². The third-order valence-corrected chi connectivity index (χ3v) is 1.17. The Kier molecular flexibility index (Phi) is 6.84. The lowest BCUT2D eigenvalue weighted by molar-refractivity contribution is 0.222. The summed E-state index contributed by atoms with van der Waals surface area (Å²) < 4.78 is 0. The van der Waals surface area contributed by atoms with E-state index in [1.54, 1.807) is 0 Å². The molecule has 4 heteroatoms. The Morgan fingerprint density at radius 2 is 2.20 bits per heavy atom. The summed E-state index contributed by atoms with van der Waals surface area (Å²) in [6.45, 7) is 4.28. The molecule has 5 N–H and O–H groups in total. The van der Waals surface area contributed by atoms with Crippen LogP contribution in [-0.4, -0.2) is 37.5 Å². The van der Waals surface area contributed by atoms with Crippen LogP contribution < -0.4 is 16.4 Å². The second-order valence-corrected chi connectivity index (χ2v) is 2.04. The molecule has 0 rings (SSSR count). The van der Waals surface area contributed by atoms with Crippen molar-refractivity contribution in [2.45, 2.75) is 13.1 Å². The molecular formula is C6H17N3O. The average Bonchev–Trinajstić information content (AvgIpc) is 1.98. The molecule has 4 nitrogen and oxygen atoms in total. The van der Waals surface area contributed by atoms with E-state index in [4.69, 9.17) is 10.8 Å². The third-order valence-electron chi connectivity index (χ3n) is 1.17. The Labute approximate surface area is 61.8 Å². The fourth-order valence-corrected chi connectivity index (χ4v) is 0.705. The molecule has 0 aromatic heterocycles. The van der Waals surface area contributed by atoms with E-state index in [0.29, 0.717) is 6.54 Å². The van der Waals surface area contributed by atoms with Crippen LogP contribution in [0.2, 0.25) is 0 Å². The molecule has 0 spiro atoms. The maximum Gasteiger partial charge on any atom is 0.0810 e. The first-order valence-corrected chi connectivity index (χ1v) is 3.62. The second kappa shape index (κ2) is 6.95. The van der Waals surface area contributed by atoms with Crippen LogP contribution >= 0.6 is 0 Å². The SMILES string of the molecule is CCNC(CO)NCCN. The first kappa shape index (κ1) is 9.84. The lowest BCUT2D eigenvalue weighted by Gasteiger charge is -2.15. The van der Waals surface area contributed by atoms with Crippen LogP contribution in [0.4, 0.5) is 0 Å². The molecule has 0 aromatic carbocycles. The molecule has 62 valence electrons. The predicted molar refractivity (Wildman–Crippen MR) is 41.6 cm³/mol. The number of nitrogens with one attached hydrogen (secondary N) is 2. The summed E-state index contributed by atoms with van der Waals surface area (Å²) in [5.74, 6) is 0. The van der Waals surface area contributed by atoms with Crippen molar-refractivity contribution in [3.63, 3.8) is 0 Å². The molecule has 0 aliphatic heterocycles. The van der Waals surface area contributed by atoms with Crippen LogP contribution in [0, 0.1) is 0 Å². The smallest absolute Gasteiger partial charge is 0.0810 e. The van der Waals surface area contributed by atoms with Gasteiger partial charge >= 0.3 is 0 Å². The summed E-state index contributed by atoms with van der Waals surface area (Å²) in [6.07, 6.45) is -0.00597. The number of nitrogens with two attached hydrogens (primary N) is 1. The maximum absolute atomic E-state index is 8.72. The molecule has 0 aromatic rings.